The Labute approximate surface area is 130 Å². The zero-order valence-corrected chi connectivity index (χ0v) is 13.1. The van der Waals surface area contributed by atoms with Crippen LogP contribution in [0.15, 0.2) is 17.1 Å². The number of carbonyl (C=O) groups is 1. The number of nitrogens with one attached hydrogen (secondary N) is 1. The number of hydrogen-bond acceptors (Lipinski definition) is 4. The predicted octanol–water partition coefficient (Wildman–Crippen LogP) is 0.808. The molecule has 0 aromatic carbocycles. The molecular weight excluding hydrogens is 294 g/mol. The molecule has 118 valence electrons. The van der Waals surface area contributed by atoms with Crippen molar-refractivity contribution in [2.24, 2.45) is 18.7 Å². The first-order chi connectivity index (χ1) is 9.49. The molecule has 21 heavy (non-hydrogen) atoms. The molecule has 1 aromatic heterocycles. The van der Waals surface area contributed by atoms with Crippen molar-refractivity contribution in [1.82, 2.24) is 4.57 Å². The molecule has 0 radical (unpaired) electrons. The normalized spacial score (nSPS) is 16.9. The maximum atomic E-state index is 12.2. The Balaban J connectivity index is 0.00000220. The van der Waals surface area contributed by atoms with Gasteiger partial charge in [0.1, 0.15) is 5.69 Å². The highest BCUT2D eigenvalue weighted by Gasteiger charge is 2.27. The Morgan fingerprint density at radius 3 is 2.71 bits per heavy atom. The van der Waals surface area contributed by atoms with E-state index in [0.717, 1.165) is 18.4 Å². The van der Waals surface area contributed by atoms with Gasteiger partial charge in [0.05, 0.1) is 6.04 Å². The number of hydrogen-bond donors (Lipinski definition) is 2. The number of rotatable bonds is 3. The summed E-state index contributed by atoms with van der Waals surface area (Å²) in [4.78, 5) is 24.1. The van der Waals surface area contributed by atoms with Crippen LogP contribution < -0.4 is 16.6 Å². The number of ether oxygens (including phenoxy) is 1. The van der Waals surface area contributed by atoms with Crippen LogP contribution in [0.3, 0.4) is 0 Å². The maximum Gasteiger partial charge on any atom is 0.274 e. The summed E-state index contributed by atoms with van der Waals surface area (Å²) in [5.74, 6) is -0.197. The summed E-state index contributed by atoms with van der Waals surface area (Å²) in [6, 6.07) is 1.06. The molecule has 1 fully saturated rings. The number of aryl methyl sites for hydroxylation is 2. The van der Waals surface area contributed by atoms with Crippen LogP contribution in [-0.2, 0) is 16.6 Å². The number of nitrogens with zero attached hydrogens (tertiary/aromatic N) is 1. The fourth-order valence-electron chi connectivity index (χ4n) is 2.48. The van der Waals surface area contributed by atoms with Gasteiger partial charge in [-0.05, 0) is 37.3 Å². The molecule has 0 saturated carbocycles. The quantitative estimate of drug-likeness (QED) is 0.864. The zero-order valence-electron chi connectivity index (χ0n) is 12.3. The van der Waals surface area contributed by atoms with Crippen molar-refractivity contribution in [3.05, 3.63) is 28.2 Å². The molecule has 0 aliphatic carbocycles. The minimum Gasteiger partial charge on any atom is -0.381 e. The molecule has 0 spiro atoms. The summed E-state index contributed by atoms with van der Waals surface area (Å²) in [7, 11) is 1.66. The van der Waals surface area contributed by atoms with Crippen LogP contribution in [0.4, 0.5) is 5.69 Å². The third kappa shape index (κ3) is 4.30. The van der Waals surface area contributed by atoms with Crippen molar-refractivity contribution < 1.29 is 9.53 Å². The van der Waals surface area contributed by atoms with E-state index in [2.05, 4.69) is 5.32 Å². The first-order valence-electron chi connectivity index (χ1n) is 6.80. The maximum absolute atomic E-state index is 12.2. The van der Waals surface area contributed by atoms with Gasteiger partial charge >= 0.3 is 0 Å². The average Bonchev–Trinajstić information content (AvgIpc) is 2.44. The first kappa shape index (κ1) is 17.7. The van der Waals surface area contributed by atoms with Crippen LogP contribution in [-0.4, -0.2) is 29.7 Å². The molecule has 1 amide bonds. The number of aromatic nitrogens is 1. The summed E-state index contributed by atoms with van der Waals surface area (Å²) in [6.45, 7) is 3.14. The van der Waals surface area contributed by atoms with E-state index in [9.17, 15) is 9.59 Å². The van der Waals surface area contributed by atoms with E-state index in [0.29, 0.717) is 13.2 Å². The van der Waals surface area contributed by atoms with E-state index in [4.69, 9.17) is 10.5 Å². The summed E-state index contributed by atoms with van der Waals surface area (Å²) in [6.07, 6.45) is 3.28. The number of halogens is 1. The highest BCUT2D eigenvalue weighted by atomic mass is 35.5. The first-order valence-corrected chi connectivity index (χ1v) is 6.80. The molecule has 1 atom stereocenters. The van der Waals surface area contributed by atoms with Crippen molar-refractivity contribution in [3.8, 4) is 0 Å². The Kier molecular flexibility index (Phi) is 6.39. The number of anilines is 1. The van der Waals surface area contributed by atoms with Crippen molar-refractivity contribution in [2.75, 3.05) is 18.5 Å². The minimum atomic E-state index is -0.607. The van der Waals surface area contributed by atoms with Gasteiger partial charge in [0, 0.05) is 26.5 Å². The highest BCUT2D eigenvalue weighted by Crippen LogP contribution is 2.18. The Morgan fingerprint density at radius 1 is 1.48 bits per heavy atom. The lowest BCUT2D eigenvalue weighted by Crippen LogP contribution is -2.44. The van der Waals surface area contributed by atoms with Gasteiger partial charge in [0.15, 0.2) is 0 Å². The van der Waals surface area contributed by atoms with Crippen molar-refractivity contribution in [3.63, 3.8) is 0 Å². The van der Waals surface area contributed by atoms with Crippen LogP contribution in [0.2, 0.25) is 0 Å². The molecule has 1 aliphatic rings. The van der Waals surface area contributed by atoms with Crippen LogP contribution in [0.25, 0.3) is 0 Å². The minimum absolute atomic E-state index is 0. The number of carbonyl (C=O) groups excluding carboxylic acids is 1. The van der Waals surface area contributed by atoms with Gasteiger partial charge in [-0.3, -0.25) is 9.59 Å². The number of pyridine rings is 1. The third-order valence-electron chi connectivity index (χ3n) is 3.65. The van der Waals surface area contributed by atoms with Gasteiger partial charge in [0.25, 0.3) is 5.56 Å². The molecular formula is C14H22ClN3O3. The van der Waals surface area contributed by atoms with Crippen molar-refractivity contribution in [1.29, 1.82) is 0 Å². The lowest BCUT2D eigenvalue weighted by atomic mass is 9.92. The van der Waals surface area contributed by atoms with Crippen LogP contribution in [0.5, 0.6) is 0 Å². The van der Waals surface area contributed by atoms with E-state index in [1.165, 1.54) is 4.57 Å². The van der Waals surface area contributed by atoms with Crippen molar-refractivity contribution >= 4 is 24.0 Å². The molecule has 1 saturated heterocycles. The fraction of sp³-hybridized carbons (Fsp3) is 0.571. The molecule has 2 rings (SSSR count). The van der Waals surface area contributed by atoms with Crippen LogP contribution >= 0.6 is 12.4 Å². The van der Waals surface area contributed by atoms with E-state index < -0.39 is 6.04 Å². The summed E-state index contributed by atoms with van der Waals surface area (Å²) in [5, 5.41) is 2.65. The van der Waals surface area contributed by atoms with Crippen LogP contribution in [0, 0.1) is 12.8 Å². The predicted molar refractivity (Wildman–Crippen MR) is 83.8 cm³/mol. The number of nitrogens with two attached hydrogens (primary N) is 1. The second-order valence-corrected chi connectivity index (χ2v) is 5.31. The standard InChI is InChI=1S/C14H21N3O3.ClH/c1-9-7-11(14(19)17(2)8-9)16-13(18)12(15)10-3-5-20-6-4-10;/h7-8,10,12H,3-6,15H2,1-2H3,(H,16,18);1H. The second-order valence-electron chi connectivity index (χ2n) is 5.31. The fourth-order valence-corrected chi connectivity index (χ4v) is 2.48. The highest BCUT2D eigenvalue weighted by molar-refractivity contribution is 5.94. The molecule has 7 heteroatoms. The lowest BCUT2D eigenvalue weighted by molar-refractivity contribution is -0.119. The third-order valence-corrected chi connectivity index (χ3v) is 3.65. The summed E-state index contributed by atoms with van der Waals surface area (Å²) >= 11 is 0. The largest absolute Gasteiger partial charge is 0.381 e. The summed E-state index contributed by atoms with van der Waals surface area (Å²) < 4.78 is 6.71. The smallest absolute Gasteiger partial charge is 0.274 e. The van der Waals surface area contributed by atoms with E-state index >= 15 is 0 Å². The molecule has 6 nitrogen and oxygen atoms in total. The molecule has 1 unspecified atom stereocenters. The molecule has 1 aromatic rings. The van der Waals surface area contributed by atoms with E-state index in [1.54, 1.807) is 19.3 Å². The average molecular weight is 316 g/mol. The van der Waals surface area contributed by atoms with Gasteiger partial charge in [-0.15, -0.1) is 12.4 Å². The van der Waals surface area contributed by atoms with Crippen molar-refractivity contribution in [2.45, 2.75) is 25.8 Å². The SMILES string of the molecule is Cc1cc(NC(=O)C(N)C2CCOCC2)c(=O)n(C)c1.Cl. The van der Waals surface area contributed by atoms with Gasteiger partial charge in [-0.25, -0.2) is 0 Å². The zero-order chi connectivity index (χ0) is 14.7. The van der Waals surface area contributed by atoms with Crippen LogP contribution in [0.1, 0.15) is 18.4 Å². The molecule has 1 aliphatic heterocycles. The molecule has 3 N–H and O–H groups in total. The second kappa shape index (κ2) is 7.59. The van der Waals surface area contributed by atoms with Gasteiger partial charge in [-0.2, -0.15) is 0 Å². The van der Waals surface area contributed by atoms with Gasteiger partial charge in [-0.1, -0.05) is 0 Å². The molecule has 2 heterocycles. The lowest BCUT2D eigenvalue weighted by Gasteiger charge is -2.26. The Morgan fingerprint density at radius 2 is 2.10 bits per heavy atom. The van der Waals surface area contributed by atoms with E-state index in [-0.39, 0.29) is 35.5 Å². The Bertz CT molecular complexity index is 553. The topological polar surface area (TPSA) is 86.4 Å². The molecule has 0 bridgehead atoms. The van der Waals surface area contributed by atoms with E-state index in [1.807, 2.05) is 6.92 Å². The monoisotopic (exact) mass is 315 g/mol. The van der Waals surface area contributed by atoms with Gasteiger partial charge in [0.2, 0.25) is 5.91 Å². The summed E-state index contributed by atoms with van der Waals surface area (Å²) in [5.41, 5.74) is 6.94. The Hall–Kier alpha value is -1.37. The van der Waals surface area contributed by atoms with Gasteiger partial charge < -0.3 is 20.4 Å². The number of amides is 1.